The smallest absolute Gasteiger partial charge is 0.223 e. The first-order valence-electron chi connectivity index (χ1n) is 9.52. The molecule has 27 heavy (non-hydrogen) atoms. The average Bonchev–Trinajstić information content (AvgIpc) is 2.59. The number of nitrogens with one attached hydrogen (secondary N) is 2. The van der Waals surface area contributed by atoms with Crippen molar-refractivity contribution >= 4 is 17.6 Å². The minimum Gasteiger partial charge on any atom is -0.488 e. The highest BCUT2D eigenvalue weighted by molar-refractivity contribution is 5.92. The van der Waals surface area contributed by atoms with Crippen LogP contribution in [0.4, 0.5) is 0 Å². The molecule has 0 unspecified atom stereocenters. The Morgan fingerprint density at radius 1 is 1.11 bits per heavy atom. The number of carbonyl (C=O) groups is 3. The van der Waals surface area contributed by atoms with Gasteiger partial charge in [-0.05, 0) is 58.2 Å². The standard InChI is InChI=1S/C21H30N2O4/c1-14-18(24)13-16(20(26)22-11-5-6-19(25)23-14)12-15-7-9-17(10-8-15)27-21(2,3)4/h7-10,14,16H,5-6,11-13H2,1-4H3,(H,22,26)(H,23,25)/t14-,16+/m0/s1. The fraction of sp³-hybridized carbons (Fsp3) is 0.571. The van der Waals surface area contributed by atoms with Crippen LogP contribution in [-0.2, 0) is 20.8 Å². The molecule has 0 aromatic heterocycles. The van der Waals surface area contributed by atoms with Gasteiger partial charge in [0.15, 0.2) is 5.78 Å². The molecule has 1 aliphatic heterocycles. The molecule has 0 radical (unpaired) electrons. The number of rotatable bonds is 3. The maximum Gasteiger partial charge on any atom is 0.223 e. The van der Waals surface area contributed by atoms with Gasteiger partial charge in [-0.2, -0.15) is 0 Å². The molecule has 2 amide bonds. The van der Waals surface area contributed by atoms with E-state index in [1.165, 1.54) is 0 Å². The van der Waals surface area contributed by atoms with Gasteiger partial charge in [-0.25, -0.2) is 0 Å². The van der Waals surface area contributed by atoms with Crippen molar-refractivity contribution in [2.75, 3.05) is 6.54 Å². The third-order valence-corrected chi connectivity index (χ3v) is 4.39. The Morgan fingerprint density at radius 2 is 1.78 bits per heavy atom. The number of hydrogen-bond donors (Lipinski definition) is 2. The quantitative estimate of drug-likeness (QED) is 0.851. The van der Waals surface area contributed by atoms with E-state index >= 15 is 0 Å². The molecule has 2 rings (SSSR count). The minimum atomic E-state index is -0.575. The molecule has 148 valence electrons. The first-order valence-corrected chi connectivity index (χ1v) is 9.52. The van der Waals surface area contributed by atoms with E-state index in [0.717, 1.165) is 11.3 Å². The van der Waals surface area contributed by atoms with Gasteiger partial charge >= 0.3 is 0 Å². The number of hydrogen-bond acceptors (Lipinski definition) is 4. The predicted octanol–water partition coefficient (Wildman–Crippen LogP) is 2.40. The van der Waals surface area contributed by atoms with E-state index in [4.69, 9.17) is 4.74 Å². The summed E-state index contributed by atoms with van der Waals surface area (Å²) in [4.78, 5) is 36.7. The van der Waals surface area contributed by atoms with Gasteiger partial charge < -0.3 is 15.4 Å². The van der Waals surface area contributed by atoms with Crippen molar-refractivity contribution < 1.29 is 19.1 Å². The van der Waals surface area contributed by atoms with Crippen molar-refractivity contribution in [3.05, 3.63) is 29.8 Å². The molecule has 2 atom stereocenters. The highest BCUT2D eigenvalue weighted by Crippen LogP contribution is 2.21. The SMILES string of the molecule is C[C@@H]1NC(=O)CCCNC(=O)[C@H](Cc2ccc(OC(C)(C)C)cc2)CC1=O. The van der Waals surface area contributed by atoms with Crippen molar-refractivity contribution in [3.8, 4) is 5.75 Å². The normalized spacial score (nSPS) is 22.4. The van der Waals surface area contributed by atoms with E-state index < -0.39 is 12.0 Å². The third-order valence-electron chi connectivity index (χ3n) is 4.39. The third kappa shape index (κ3) is 7.04. The van der Waals surface area contributed by atoms with Gasteiger partial charge in [-0.15, -0.1) is 0 Å². The molecular formula is C21H30N2O4. The first kappa shape index (κ1) is 20.9. The lowest BCUT2D eigenvalue weighted by Crippen LogP contribution is -2.40. The van der Waals surface area contributed by atoms with Crippen LogP contribution in [0, 0.1) is 5.92 Å². The largest absolute Gasteiger partial charge is 0.488 e. The summed E-state index contributed by atoms with van der Waals surface area (Å²) in [6, 6.07) is 7.04. The van der Waals surface area contributed by atoms with Crippen molar-refractivity contribution in [1.29, 1.82) is 0 Å². The number of ketones is 1. The van der Waals surface area contributed by atoms with Gasteiger partial charge in [0.2, 0.25) is 11.8 Å². The molecule has 1 heterocycles. The van der Waals surface area contributed by atoms with Crippen LogP contribution >= 0.6 is 0 Å². The number of benzene rings is 1. The molecule has 0 bridgehead atoms. The monoisotopic (exact) mass is 374 g/mol. The van der Waals surface area contributed by atoms with E-state index in [-0.39, 0.29) is 29.6 Å². The van der Waals surface area contributed by atoms with Gasteiger partial charge in [-0.1, -0.05) is 12.1 Å². The summed E-state index contributed by atoms with van der Waals surface area (Å²) in [5.41, 5.74) is 0.694. The summed E-state index contributed by atoms with van der Waals surface area (Å²) in [5, 5.41) is 5.56. The fourth-order valence-corrected chi connectivity index (χ4v) is 3.01. The molecular weight excluding hydrogens is 344 g/mol. The van der Waals surface area contributed by atoms with Crippen LogP contribution in [0.25, 0.3) is 0 Å². The summed E-state index contributed by atoms with van der Waals surface area (Å²) < 4.78 is 5.82. The maximum absolute atomic E-state index is 12.5. The Balaban J connectivity index is 2.09. The van der Waals surface area contributed by atoms with Crippen molar-refractivity contribution in [2.24, 2.45) is 5.92 Å². The van der Waals surface area contributed by atoms with Crippen LogP contribution in [0.2, 0.25) is 0 Å². The van der Waals surface area contributed by atoms with E-state index in [1.54, 1.807) is 6.92 Å². The van der Waals surface area contributed by atoms with E-state index in [1.807, 2.05) is 45.0 Å². The van der Waals surface area contributed by atoms with Crippen molar-refractivity contribution in [3.63, 3.8) is 0 Å². The Labute approximate surface area is 161 Å². The van der Waals surface area contributed by atoms with Gasteiger partial charge in [0.25, 0.3) is 0 Å². The van der Waals surface area contributed by atoms with Gasteiger partial charge in [-0.3, -0.25) is 14.4 Å². The number of Topliss-reactive ketones (excluding diaryl/α,β-unsaturated/α-hetero) is 1. The lowest BCUT2D eigenvalue weighted by molar-refractivity contribution is -0.130. The maximum atomic E-state index is 12.5. The van der Waals surface area contributed by atoms with Crippen LogP contribution < -0.4 is 15.4 Å². The predicted molar refractivity (Wildman–Crippen MR) is 103 cm³/mol. The topological polar surface area (TPSA) is 84.5 Å². The zero-order valence-corrected chi connectivity index (χ0v) is 16.6. The second kappa shape index (κ2) is 9.02. The van der Waals surface area contributed by atoms with Gasteiger partial charge in [0, 0.05) is 25.3 Å². The summed E-state index contributed by atoms with van der Waals surface area (Å²) in [6.07, 6.45) is 1.43. The number of carbonyl (C=O) groups excluding carboxylic acids is 3. The summed E-state index contributed by atoms with van der Waals surface area (Å²) in [5.74, 6) is -0.106. The highest BCUT2D eigenvalue weighted by Gasteiger charge is 2.26. The molecule has 1 fully saturated rings. The van der Waals surface area contributed by atoms with E-state index in [2.05, 4.69) is 10.6 Å². The number of ether oxygens (including phenoxy) is 1. The molecule has 1 aromatic rings. The van der Waals surface area contributed by atoms with Gasteiger partial charge in [0.05, 0.1) is 6.04 Å². The van der Waals surface area contributed by atoms with E-state index in [9.17, 15) is 14.4 Å². The van der Waals surface area contributed by atoms with Gasteiger partial charge in [0.1, 0.15) is 11.4 Å². The number of amides is 2. The fourth-order valence-electron chi connectivity index (χ4n) is 3.01. The van der Waals surface area contributed by atoms with Crippen LogP contribution in [0.1, 0.15) is 52.5 Å². The van der Waals surface area contributed by atoms with Crippen LogP contribution in [-0.4, -0.2) is 35.8 Å². The van der Waals surface area contributed by atoms with Crippen molar-refractivity contribution in [2.45, 2.75) is 65.0 Å². The van der Waals surface area contributed by atoms with E-state index in [0.29, 0.717) is 25.8 Å². The molecule has 6 heteroatoms. The second-order valence-electron chi connectivity index (χ2n) is 8.11. The first-order chi connectivity index (χ1) is 12.6. The van der Waals surface area contributed by atoms with Crippen LogP contribution in [0.5, 0.6) is 5.75 Å². The summed E-state index contributed by atoms with van der Waals surface area (Å²) in [6.45, 7) is 8.06. The van der Waals surface area contributed by atoms with Crippen molar-refractivity contribution in [1.82, 2.24) is 10.6 Å². The average molecular weight is 374 g/mol. The van der Waals surface area contributed by atoms with Crippen LogP contribution in [0.15, 0.2) is 24.3 Å². The molecule has 0 spiro atoms. The Morgan fingerprint density at radius 3 is 2.41 bits per heavy atom. The summed E-state index contributed by atoms with van der Waals surface area (Å²) in [7, 11) is 0. The molecule has 1 saturated heterocycles. The molecule has 6 nitrogen and oxygen atoms in total. The highest BCUT2D eigenvalue weighted by atomic mass is 16.5. The molecule has 0 aliphatic carbocycles. The summed E-state index contributed by atoms with van der Waals surface area (Å²) >= 11 is 0. The molecule has 2 N–H and O–H groups in total. The Hall–Kier alpha value is -2.37. The molecule has 1 aromatic carbocycles. The molecule has 0 saturated carbocycles. The lowest BCUT2D eigenvalue weighted by atomic mass is 9.91. The lowest BCUT2D eigenvalue weighted by Gasteiger charge is -2.22. The minimum absolute atomic E-state index is 0.105. The zero-order valence-electron chi connectivity index (χ0n) is 16.6. The molecule has 1 aliphatic rings. The van der Waals surface area contributed by atoms with Crippen LogP contribution in [0.3, 0.4) is 0 Å². The Kier molecular flexibility index (Phi) is 6.99. The Bertz CT molecular complexity index is 676. The zero-order chi connectivity index (χ0) is 20.0. The second-order valence-corrected chi connectivity index (χ2v) is 8.11.